The Labute approximate surface area is 91.7 Å². The highest BCUT2D eigenvalue weighted by molar-refractivity contribution is 9.10. The van der Waals surface area contributed by atoms with Gasteiger partial charge in [0.15, 0.2) is 0 Å². The molecule has 0 aliphatic carbocycles. The first kappa shape index (κ1) is 11.2. The molecule has 0 radical (unpaired) electrons. The Balaban J connectivity index is 2.20. The average Bonchev–Trinajstić information content (AvgIpc) is 2.51. The van der Waals surface area contributed by atoms with Gasteiger partial charge in [-0.15, -0.1) is 11.3 Å². The summed E-state index contributed by atoms with van der Waals surface area (Å²) >= 11 is 5.18. The van der Waals surface area contributed by atoms with Gasteiger partial charge in [-0.3, -0.25) is 0 Å². The van der Waals surface area contributed by atoms with Crippen LogP contribution in [0.1, 0.15) is 18.2 Å². The number of hydrogen-bond donors (Lipinski definition) is 2. The number of hydrogen-bond acceptors (Lipinski definition) is 3. The van der Waals surface area contributed by atoms with Crippen molar-refractivity contribution >= 4 is 27.3 Å². The Morgan fingerprint density at radius 3 is 3.00 bits per heavy atom. The molecule has 0 spiro atoms. The minimum Gasteiger partial charge on any atom is -0.327 e. The molecule has 0 fully saturated rings. The van der Waals surface area contributed by atoms with Crippen LogP contribution >= 0.6 is 27.3 Å². The van der Waals surface area contributed by atoms with Gasteiger partial charge in [0.25, 0.3) is 0 Å². The summed E-state index contributed by atoms with van der Waals surface area (Å²) in [5.41, 5.74) is 5.77. The van der Waals surface area contributed by atoms with Crippen molar-refractivity contribution in [1.29, 1.82) is 0 Å². The maximum Gasteiger partial charge on any atom is 0.0300 e. The van der Waals surface area contributed by atoms with Crippen LogP contribution in [-0.4, -0.2) is 12.6 Å². The molecule has 0 amide bonds. The largest absolute Gasteiger partial charge is 0.327 e. The van der Waals surface area contributed by atoms with Crippen LogP contribution in [0, 0.1) is 0 Å². The van der Waals surface area contributed by atoms with Crippen LogP contribution in [0.15, 0.2) is 15.9 Å². The van der Waals surface area contributed by atoms with E-state index in [4.69, 9.17) is 5.73 Å². The first-order valence-corrected chi connectivity index (χ1v) is 6.09. The minimum absolute atomic E-state index is 0.281. The Morgan fingerprint density at radius 2 is 2.46 bits per heavy atom. The molecule has 0 aromatic carbocycles. The van der Waals surface area contributed by atoms with E-state index >= 15 is 0 Å². The molecule has 1 heterocycles. The van der Waals surface area contributed by atoms with E-state index in [0.717, 1.165) is 24.0 Å². The smallest absolute Gasteiger partial charge is 0.0300 e. The summed E-state index contributed by atoms with van der Waals surface area (Å²) in [5.74, 6) is 0. The number of rotatable bonds is 5. The lowest BCUT2D eigenvalue weighted by Crippen LogP contribution is -2.32. The Morgan fingerprint density at radius 1 is 1.69 bits per heavy atom. The van der Waals surface area contributed by atoms with Gasteiger partial charge in [-0.1, -0.05) is 6.92 Å². The zero-order valence-corrected chi connectivity index (χ0v) is 10.1. The van der Waals surface area contributed by atoms with Crippen LogP contribution in [0.5, 0.6) is 0 Å². The van der Waals surface area contributed by atoms with Crippen LogP contribution in [0.2, 0.25) is 0 Å². The number of thiophene rings is 1. The van der Waals surface area contributed by atoms with Gasteiger partial charge < -0.3 is 11.1 Å². The lowest BCUT2D eigenvalue weighted by Gasteiger charge is -2.08. The van der Waals surface area contributed by atoms with Crippen molar-refractivity contribution < 1.29 is 0 Å². The zero-order valence-electron chi connectivity index (χ0n) is 7.72. The van der Waals surface area contributed by atoms with E-state index in [-0.39, 0.29) is 6.04 Å². The Hall–Kier alpha value is 0.1000. The summed E-state index contributed by atoms with van der Waals surface area (Å²) < 4.78 is 1.16. The summed E-state index contributed by atoms with van der Waals surface area (Å²) in [4.78, 5) is 1.34. The van der Waals surface area contributed by atoms with Gasteiger partial charge in [-0.05, 0) is 28.4 Å². The molecule has 0 aliphatic rings. The number of halogens is 1. The summed E-state index contributed by atoms with van der Waals surface area (Å²) in [6.07, 6.45) is 1.03. The highest BCUT2D eigenvalue weighted by Gasteiger charge is 1.99. The van der Waals surface area contributed by atoms with Crippen molar-refractivity contribution in [2.75, 3.05) is 6.54 Å². The number of nitrogens with two attached hydrogens (primary N) is 1. The van der Waals surface area contributed by atoms with E-state index in [1.807, 2.05) is 0 Å². The molecule has 0 bridgehead atoms. The van der Waals surface area contributed by atoms with Crippen LogP contribution in [0.3, 0.4) is 0 Å². The normalized spacial score (nSPS) is 13.2. The van der Waals surface area contributed by atoms with E-state index in [2.05, 4.69) is 39.6 Å². The van der Waals surface area contributed by atoms with Gasteiger partial charge in [-0.25, -0.2) is 0 Å². The highest BCUT2D eigenvalue weighted by Crippen LogP contribution is 2.19. The minimum atomic E-state index is 0.281. The molecular formula is C9H15BrN2S. The second-order valence-corrected chi connectivity index (χ2v) is 4.94. The Kier molecular flexibility index (Phi) is 4.94. The van der Waals surface area contributed by atoms with Gasteiger partial charge in [0.2, 0.25) is 0 Å². The number of nitrogens with one attached hydrogen (secondary N) is 1. The molecule has 1 aromatic heterocycles. The summed E-state index contributed by atoms with van der Waals surface area (Å²) in [6.45, 7) is 3.92. The van der Waals surface area contributed by atoms with Crippen LogP contribution in [0.4, 0.5) is 0 Å². The van der Waals surface area contributed by atoms with E-state index in [1.54, 1.807) is 11.3 Å². The quantitative estimate of drug-likeness (QED) is 0.855. The van der Waals surface area contributed by atoms with Crippen LogP contribution < -0.4 is 11.1 Å². The lowest BCUT2D eigenvalue weighted by molar-refractivity contribution is 0.565. The zero-order chi connectivity index (χ0) is 9.68. The first-order chi connectivity index (χ1) is 6.22. The van der Waals surface area contributed by atoms with Crippen molar-refractivity contribution in [2.24, 2.45) is 5.73 Å². The third kappa shape index (κ3) is 4.22. The fourth-order valence-electron chi connectivity index (χ4n) is 0.972. The molecule has 1 aromatic rings. The monoisotopic (exact) mass is 262 g/mol. The second-order valence-electron chi connectivity index (χ2n) is 3.03. The van der Waals surface area contributed by atoms with Crippen LogP contribution in [0.25, 0.3) is 0 Å². The molecule has 13 heavy (non-hydrogen) atoms. The lowest BCUT2D eigenvalue weighted by atomic mass is 10.2. The molecule has 1 rings (SSSR count). The molecule has 0 aliphatic heterocycles. The van der Waals surface area contributed by atoms with Gasteiger partial charge in [0, 0.05) is 33.9 Å². The van der Waals surface area contributed by atoms with Crippen LogP contribution in [-0.2, 0) is 6.54 Å². The summed E-state index contributed by atoms with van der Waals surface area (Å²) in [5, 5.41) is 5.42. The van der Waals surface area contributed by atoms with E-state index in [9.17, 15) is 0 Å². The Bertz CT molecular complexity index is 250. The molecule has 2 nitrogen and oxygen atoms in total. The van der Waals surface area contributed by atoms with Gasteiger partial charge in [0.05, 0.1) is 0 Å². The second kappa shape index (κ2) is 5.75. The summed E-state index contributed by atoms with van der Waals surface area (Å²) in [7, 11) is 0. The third-order valence-corrected chi connectivity index (χ3v) is 3.55. The average molecular weight is 263 g/mol. The van der Waals surface area contributed by atoms with E-state index < -0.39 is 0 Å². The molecule has 0 saturated heterocycles. The SMILES string of the molecule is CCC(N)CNCc1cc(Br)cs1. The van der Waals surface area contributed by atoms with Crippen molar-refractivity contribution in [2.45, 2.75) is 25.9 Å². The maximum absolute atomic E-state index is 5.77. The predicted octanol–water partition coefficient (Wildman–Crippen LogP) is 2.34. The maximum atomic E-state index is 5.77. The first-order valence-electron chi connectivity index (χ1n) is 4.41. The van der Waals surface area contributed by atoms with Gasteiger partial charge in [0.1, 0.15) is 0 Å². The standard InChI is InChI=1S/C9H15BrN2S/c1-2-8(11)4-12-5-9-3-7(10)6-13-9/h3,6,8,12H,2,4-5,11H2,1H3. The molecule has 1 atom stereocenters. The van der Waals surface area contributed by atoms with Crippen molar-refractivity contribution in [3.05, 3.63) is 20.8 Å². The van der Waals surface area contributed by atoms with E-state index in [1.165, 1.54) is 4.88 Å². The van der Waals surface area contributed by atoms with Crippen molar-refractivity contribution in [3.63, 3.8) is 0 Å². The molecule has 4 heteroatoms. The van der Waals surface area contributed by atoms with E-state index in [0.29, 0.717) is 0 Å². The van der Waals surface area contributed by atoms with Crippen molar-refractivity contribution in [1.82, 2.24) is 5.32 Å². The molecule has 3 N–H and O–H groups in total. The predicted molar refractivity (Wildman–Crippen MR) is 62.0 cm³/mol. The molecule has 74 valence electrons. The fraction of sp³-hybridized carbons (Fsp3) is 0.556. The molecule has 1 unspecified atom stereocenters. The highest BCUT2D eigenvalue weighted by atomic mass is 79.9. The third-order valence-electron chi connectivity index (χ3n) is 1.85. The molecular weight excluding hydrogens is 248 g/mol. The fourth-order valence-corrected chi connectivity index (χ4v) is 2.39. The van der Waals surface area contributed by atoms with Crippen molar-refractivity contribution in [3.8, 4) is 0 Å². The topological polar surface area (TPSA) is 38.0 Å². The van der Waals surface area contributed by atoms with Gasteiger partial charge in [-0.2, -0.15) is 0 Å². The summed E-state index contributed by atoms with van der Waals surface area (Å²) in [6, 6.07) is 2.41. The van der Waals surface area contributed by atoms with Gasteiger partial charge >= 0.3 is 0 Å². The molecule has 0 saturated carbocycles.